The van der Waals surface area contributed by atoms with Crippen molar-refractivity contribution in [2.45, 2.75) is 12.8 Å². The fourth-order valence-corrected chi connectivity index (χ4v) is 1.75. The number of halogens is 1. The molecule has 0 aromatic heterocycles. The molecule has 0 spiro atoms. The van der Waals surface area contributed by atoms with E-state index in [9.17, 15) is 4.39 Å². The number of hydrogen-bond donors (Lipinski definition) is 0. The fraction of sp³-hybridized carbons (Fsp3) is 0.143. The minimum atomic E-state index is -0.131. The third-order valence-corrected chi connectivity index (χ3v) is 2.67. The molecule has 0 N–H and O–H groups in total. The van der Waals surface area contributed by atoms with Gasteiger partial charge in [-0.05, 0) is 17.2 Å². The van der Waals surface area contributed by atoms with Gasteiger partial charge in [-0.1, -0.05) is 55.5 Å². The van der Waals surface area contributed by atoms with Crippen LogP contribution in [0.3, 0.4) is 0 Å². The second kappa shape index (κ2) is 4.26. The molecule has 2 aromatic rings. The molecule has 0 aliphatic rings. The summed E-state index contributed by atoms with van der Waals surface area (Å²) < 4.78 is 13.5. The van der Waals surface area contributed by atoms with Crippen LogP contribution in [0.5, 0.6) is 0 Å². The van der Waals surface area contributed by atoms with Crippen molar-refractivity contribution in [1.29, 1.82) is 0 Å². The SMILES string of the molecule is C[C@@H](c1ccccc1)c1ccccc1F. The molecule has 0 saturated heterocycles. The Bertz CT molecular complexity index is 434. The predicted octanol–water partition coefficient (Wildman–Crippen LogP) is 3.98. The van der Waals surface area contributed by atoms with Gasteiger partial charge < -0.3 is 0 Å². The Balaban J connectivity index is 2.37. The van der Waals surface area contributed by atoms with Crippen molar-refractivity contribution in [3.05, 3.63) is 71.5 Å². The van der Waals surface area contributed by atoms with E-state index in [4.69, 9.17) is 0 Å². The average Bonchev–Trinajstić information content (AvgIpc) is 2.30. The minimum absolute atomic E-state index is 0.104. The van der Waals surface area contributed by atoms with E-state index in [-0.39, 0.29) is 11.7 Å². The van der Waals surface area contributed by atoms with E-state index in [2.05, 4.69) is 0 Å². The molecule has 0 aliphatic carbocycles. The standard InChI is InChI=1S/C14H13F/c1-11(12-7-3-2-4-8-12)13-9-5-6-10-14(13)15/h2-11H,1H3/t11-/m0/s1. The molecule has 0 aliphatic heterocycles. The molecule has 0 heterocycles. The van der Waals surface area contributed by atoms with Crippen molar-refractivity contribution in [1.82, 2.24) is 0 Å². The normalized spacial score (nSPS) is 12.4. The minimum Gasteiger partial charge on any atom is -0.207 e. The third-order valence-electron chi connectivity index (χ3n) is 2.67. The predicted molar refractivity (Wildman–Crippen MR) is 60.4 cm³/mol. The Morgan fingerprint density at radius 2 is 1.47 bits per heavy atom. The summed E-state index contributed by atoms with van der Waals surface area (Å²) in [5.41, 5.74) is 1.89. The summed E-state index contributed by atoms with van der Waals surface area (Å²) in [7, 11) is 0. The van der Waals surface area contributed by atoms with E-state index in [1.54, 1.807) is 6.07 Å². The third kappa shape index (κ3) is 2.07. The second-order valence-corrected chi connectivity index (χ2v) is 3.65. The van der Waals surface area contributed by atoms with Crippen molar-refractivity contribution in [2.24, 2.45) is 0 Å². The molecular formula is C14H13F. The number of benzene rings is 2. The maximum absolute atomic E-state index is 13.5. The van der Waals surface area contributed by atoms with Crippen LogP contribution >= 0.6 is 0 Å². The van der Waals surface area contributed by atoms with Crippen LogP contribution in [0.15, 0.2) is 54.6 Å². The maximum Gasteiger partial charge on any atom is 0.127 e. The van der Waals surface area contributed by atoms with Crippen LogP contribution in [0.4, 0.5) is 4.39 Å². The first kappa shape index (κ1) is 9.91. The Morgan fingerprint density at radius 3 is 2.13 bits per heavy atom. The number of rotatable bonds is 2. The summed E-state index contributed by atoms with van der Waals surface area (Å²) >= 11 is 0. The van der Waals surface area contributed by atoms with Gasteiger partial charge >= 0.3 is 0 Å². The van der Waals surface area contributed by atoms with Gasteiger partial charge in [0.1, 0.15) is 5.82 Å². The van der Waals surface area contributed by atoms with E-state index in [0.717, 1.165) is 11.1 Å². The van der Waals surface area contributed by atoms with E-state index in [1.807, 2.05) is 49.4 Å². The molecule has 1 heteroatoms. The lowest BCUT2D eigenvalue weighted by Gasteiger charge is -2.12. The average molecular weight is 200 g/mol. The zero-order chi connectivity index (χ0) is 10.7. The molecule has 0 saturated carbocycles. The van der Waals surface area contributed by atoms with E-state index in [1.165, 1.54) is 6.07 Å². The molecule has 0 fully saturated rings. The Morgan fingerprint density at radius 1 is 0.867 bits per heavy atom. The Hall–Kier alpha value is -1.63. The van der Waals surface area contributed by atoms with Crippen LogP contribution < -0.4 is 0 Å². The molecular weight excluding hydrogens is 187 g/mol. The van der Waals surface area contributed by atoms with Crippen LogP contribution in [0.25, 0.3) is 0 Å². The molecule has 0 bridgehead atoms. The highest BCUT2D eigenvalue weighted by atomic mass is 19.1. The summed E-state index contributed by atoms with van der Waals surface area (Å²) in [5, 5.41) is 0. The lowest BCUT2D eigenvalue weighted by atomic mass is 9.93. The topological polar surface area (TPSA) is 0 Å². The fourth-order valence-electron chi connectivity index (χ4n) is 1.75. The van der Waals surface area contributed by atoms with Gasteiger partial charge in [0.25, 0.3) is 0 Å². The van der Waals surface area contributed by atoms with E-state index >= 15 is 0 Å². The molecule has 2 aromatic carbocycles. The van der Waals surface area contributed by atoms with E-state index < -0.39 is 0 Å². The van der Waals surface area contributed by atoms with Crippen LogP contribution in [-0.2, 0) is 0 Å². The molecule has 2 rings (SSSR count). The first-order valence-corrected chi connectivity index (χ1v) is 5.08. The van der Waals surface area contributed by atoms with Crippen molar-refractivity contribution >= 4 is 0 Å². The molecule has 0 radical (unpaired) electrons. The van der Waals surface area contributed by atoms with Gasteiger partial charge in [0.15, 0.2) is 0 Å². The van der Waals surface area contributed by atoms with Crippen LogP contribution in [0.2, 0.25) is 0 Å². The Kier molecular flexibility index (Phi) is 2.82. The van der Waals surface area contributed by atoms with Gasteiger partial charge in [-0.25, -0.2) is 4.39 Å². The molecule has 0 nitrogen and oxygen atoms in total. The summed E-state index contributed by atoms with van der Waals surface area (Å²) in [6, 6.07) is 16.9. The first-order chi connectivity index (χ1) is 7.29. The van der Waals surface area contributed by atoms with Crippen LogP contribution in [0.1, 0.15) is 24.0 Å². The van der Waals surface area contributed by atoms with Crippen molar-refractivity contribution in [3.8, 4) is 0 Å². The first-order valence-electron chi connectivity index (χ1n) is 5.08. The summed E-state index contributed by atoms with van der Waals surface area (Å²) in [5.74, 6) is -0.0266. The molecule has 0 unspecified atom stereocenters. The van der Waals surface area contributed by atoms with Gasteiger partial charge in [-0.2, -0.15) is 0 Å². The van der Waals surface area contributed by atoms with Gasteiger partial charge in [-0.15, -0.1) is 0 Å². The molecule has 1 atom stereocenters. The second-order valence-electron chi connectivity index (χ2n) is 3.65. The van der Waals surface area contributed by atoms with Crippen molar-refractivity contribution in [3.63, 3.8) is 0 Å². The van der Waals surface area contributed by atoms with Gasteiger partial charge in [-0.3, -0.25) is 0 Å². The highest BCUT2D eigenvalue weighted by molar-refractivity contribution is 5.32. The lowest BCUT2D eigenvalue weighted by molar-refractivity contribution is 0.603. The molecule has 76 valence electrons. The zero-order valence-electron chi connectivity index (χ0n) is 8.65. The van der Waals surface area contributed by atoms with Crippen molar-refractivity contribution in [2.75, 3.05) is 0 Å². The van der Waals surface area contributed by atoms with Gasteiger partial charge in [0.05, 0.1) is 0 Å². The van der Waals surface area contributed by atoms with Gasteiger partial charge in [0.2, 0.25) is 0 Å². The highest BCUT2D eigenvalue weighted by Crippen LogP contribution is 2.25. The largest absolute Gasteiger partial charge is 0.207 e. The zero-order valence-corrected chi connectivity index (χ0v) is 8.65. The summed E-state index contributed by atoms with van der Waals surface area (Å²) in [6.45, 7) is 2.02. The summed E-state index contributed by atoms with van der Waals surface area (Å²) in [6.07, 6.45) is 0. The summed E-state index contributed by atoms with van der Waals surface area (Å²) in [4.78, 5) is 0. The molecule has 15 heavy (non-hydrogen) atoms. The maximum atomic E-state index is 13.5. The van der Waals surface area contributed by atoms with Crippen molar-refractivity contribution < 1.29 is 4.39 Å². The molecule has 0 amide bonds. The highest BCUT2D eigenvalue weighted by Gasteiger charge is 2.11. The monoisotopic (exact) mass is 200 g/mol. The Labute approximate surface area is 89.4 Å². The number of hydrogen-bond acceptors (Lipinski definition) is 0. The van der Waals surface area contributed by atoms with Crippen LogP contribution in [0, 0.1) is 5.82 Å². The lowest BCUT2D eigenvalue weighted by Crippen LogP contribution is -1.98. The smallest absolute Gasteiger partial charge is 0.127 e. The van der Waals surface area contributed by atoms with E-state index in [0.29, 0.717) is 0 Å². The van der Waals surface area contributed by atoms with Gasteiger partial charge in [0, 0.05) is 5.92 Å². The van der Waals surface area contributed by atoms with Crippen LogP contribution in [-0.4, -0.2) is 0 Å². The quantitative estimate of drug-likeness (QED) is 0.688.